The van der Waals surface area contributed by atoms with Gasteiger partial charge < -0.3 is 19.4 Å². The van der Waals surface area contributed by atoms with Gasteiger partial charge in [-0.2, -0.15) is 4.98 Å². The third-order valence-corrected chi connectivity index (χ3v) is 6.02. The molecule has 2 aromatic heterocycles. The lowest BCUT2D eigenvalue weighted by atomic mass is 9.92. The van der Waals surface area contributed by atoms with Crippen LogP contribution < -0.4 is 10.2 Å². The summed E-state index contributed by atoms with van der Waals surface area (Å²) in [5, 5.41) is 6.48. The van der Waals surface area contributed by atoms with E-state index in [4.69, 9.17) is 14.1 Å². The maximum absolute atomic E-state index is 6.26. The van der Waals surface area contributed by atoms with Crippen LogP contribution in [0.2, 0.25) is 0 Å². The van der Waals surface area contributed by atoms with Crippen molar-refractivity contribution in [2.24, 2.45) is 0 Å². The molecule has 0 radical (unpaired) electrons. The number of anilines is 1. The number of methoxy groups -OCH3 is 1. The highest BCUT2D eigenvalue weighted by Crippen LogP contribution is 2.38. The fourth-order valence-corrected chi connectivity index (χ4v) is 4.46. The van der Waals surface area contributed by atoms with Crippen molar-refractivity contribution in [2.45, 2.75) is 31.5 Å². The second-order valence-electron chi connectivity index (χ2n) is 6.79. The molecule has 0 amide bonds. The predicted octanol–water partition coefficient (Wildman–Crippen LogP) is 3.21. The largest absolute Gasteiger partial charge is 0.423 e. The number of piperazine rings is 1. The summed E-state index contributed by atoms with van der Waals surface area (Å²) in [5.41, 5.74) is 3.73. The smallest absolute Gasteiger partial charge is 0.298 e. The maximum Gasteiger partial charge on any atom is 0.298 e. The molecular formula is C18H20N4O2S. The normalized spacial score (nSPS) is 23.7. The molecule has 130 valence electrons. The van der Waals surface area contributed by atoms with Crippen molar-refractivity contribution in [1.29, 1.82) is 0 Å². The van der Waals surface area contributed by atoms with Crippen LogP contribution in [0.4, 0.5) is 6.01 Å². The van der Waals surface area contributed by atoms with Crippen LogP contribution in [0.3, 0.4) is 0 Å². The molecule has 6 nitrogen and oxygen atoms in total. The Balaban J connectivity index is 1.64. The van der Waals surface area contributed by atoms with Gasteiger partial charge in [-0.05, 0) is 19.4 Å². The lowest BCUT2D eigenvalue weighted by Crippen LogP contribution is -2.67. The molecule has 0 spiro atoms. The number of thiazole rings is 1. The van der Waals surface area contributed by atoms with Gasteiger partial charge in [-0.25, -0.2) is 4.98 Å². The minimum Gasteiger partial charge on any atom is -0.423 e. The molecular weight excluding hydrogens is 336 g/mol. The lowest BCUT2D eigenvalue weighted by molar-refractivity contribution is 0.120. The molecule has 0 saturated carbocycles. The molecule has 6 rings (SSSR count). The number of ether oxygens (including phenoxy) is 1. The summed E-state index contributed by atoms with van der Waals surface area (Å²) in [6.07, 6.45) is 3.04. The Morgan fingerprint density at radius 3 is 2.84 bits per heavy atom. The fraction of sp³-hybridized carbons (Fsp3) is 0.444. The van der Waals surface area contributed by atoms with Crippen LogP contribution in [-0.4, -0.2) is 42.3 Å². The Bertz CT molecular complexity index is 891. The molecule has 3 aromatic rings. The average molecular weight is 356 g/mol. The van der Waals surface area contributed by atoms with Crippen LogP contribution >= 0.6 is 11.3 Å². The Morgan fingerprint density at radius 1 is 1.36 bits per heavy atom. The van der Waals surface area contributed by atoms with E-state index in [1.165, 1.54) is 6.42 Å². The van der Waals surface area contributed by atoms with Crippen LogP contribution in [0.5, 0.6) is 0 Å². The maximum atomic E-state index is 6.26. The highest BCUT2D eigenvalue weighted by molar-refractivity contribution is 7.13. The van der Waals surface area contributed by atoms with Gasteiger partial charge in [0.2, 0.25) is 0 Å². The molecule has 3 aliphatic rings. The van der Waals surface area contributed by atoms with E-state index >= 15 is 0 Å². The molecule has 25 heavy (non-hydrogen) atoms. The summed E-state index contributed by atoms with van der Waals surface area (Å²) in [6, 6.07) is 5.97. The second-order valence-corrected chi connectivity index (χ2v) is 7.69. The molecule has 1 N–H and O–H groups in total. The van der Waals surface area contributed by atoms with Gasteiger partial charge in [0.15, 0.2) is 5.58 Å². The van der Waals surface area contributed by atoms with Crippen LogP contribution in [0.1, 0.15) is 25.0 Å². The van der Waals surface area contributed by atoms with Gasteiger partial charge in [-0.3, -0.25) is 0 Å². The molecule has 0 aliphatic carbocycles. The van der Waals surface area contributed by atoms with E-state index in [2.05, 4.69) is 27.3 Å². The number of piperidine rings is 1. The molecule has 3 aliphatic heterocycles. The van der Waals surface area contributed by atoms with Crippen molar-refractivity contribution in [3.63, 3.8) is 0 Å². The zero-order valence-electron chi connectivity index (χ0n) is 14.2. The Kier molecular flexibility index (Phi) is 3.55. The fourth-order valence-electron chi connectivity index (χ4n) is 3.80. The molecule has 5 heterocycles. The standard InChI is InChI=1S/C18H20N4O2S/c1-10(23-2)13-3-4-14(17-19-5-6-25-17)16-15(13)21-18(24-16)22-8-11-7-12(9-22)20-11/h3-6,10-12,20H,7-9H2,1-2H3. The van der Waals surface area contributed by atoms with Crippen molar-refractivity contribution >= 4 is 28.5 Å². The zero-order chi connectivity index (χ0) is 17.0. The van der Waals surface area contributed by atoms with Crippen LogP contribution in [0.15, 0.2) is 28.1 Å². The summed E-state index contributed by atoms with van der Waals surface area (Å²) in [6.45, 7) is 3.93. The third-order valence-electron chi connectivity index (χ3n) is 5.21. The minimum atomic E-state index is -0.0396. The van der Waals surface area contributed by atoms with E-state index in [9.17, 15) is 0 Å². The van der Waals surface area contributed by atoms with Crippen molar-refractivity contribution in [1.82, 2.24) is 15.3 Å². The summed E-state index contributed by atoms with van der Waals surface area (Å²) in [4.78, 5) is 11.6. The van der Waals surface area contributed by atoms with E-state index in [0.29, 0.717) is 18.1 Å². The molecule has 3 saturated heterocycles. The summed E-state index contributed by atoms with van der Waals surface area (Å²) in [5.74, 6) is 0. The first-order valence-corrected chi connectivity index (χ1v) is 9.48. The van der Waals surface area contributed by atoms with Gasteiger partial charge in [0, 0.05) is 49.4 Å². The van der Waals surface area contributed by atoms with E-state index < -0.39 is 0 Å². The number of benzene rings is 1. The quantitative estimate of drug-likeness (QED) is 0.774. The number of nitrogens with zero attached hydrogens (tertiary/aromatic N) is 3. The van der Waals surface area contributed by atoms with Crippen LogP contribution in [0, 0.1) is 0 Å². The van der Waals surface area contributed by atoms with Crippen LogP contribution in [0.25, 0.3) is 21.7 Å². The first kappa shape index (κ1) is 15.3. The zero-order valence-corrected chi connectivity index (χ0v) is 15.0. The summed E-state index contributed by atoms with van der Waals surface area (Å²) >= 11 is 1.61. The number of oxazole rings is 1. The number of fused-ring (bicyclic) bond motifs is 3. The monoisotopic (exact) mass is 356 g/mol. The molecule has 1 aromatic carbocycles. The third kappa shape index (κ3) is 2.46. The van der Waals surface area contributed by atoms with Crippen molar-refractivity contribution in [3.8, 4) is 10.6 Å². The van der Waals surface area contributed by atoms with Gasteiger partial charge in [0.25, 0.3) is 6.01 Å². The Labute approximate surface area is 149 Å². The predicted molar refractivity (Wildman–Crippen MR) is 98.1 cm³/mol. The number of nitrogens with one attached hydrogen (secondary N) is 1. The van der Waals surface area contributed by atoms with E-state index in [1.807, 2.05) is 18.5 Å². The van der Waals surface area contributed by atoms with Gasteiger partial charge in [0.1, 0.15) is 10.5 Å². The molecule has 7 heteroatoms. The highest BCUT2D eigenvalue weighted by Gasteiger charge is 2.38. The Hall–Kier alpha value is -1.96. The summed E-state index contributed by atoms with van der Waals surface area (Å²) < 4.78 is 11.8. The molecule has 2 bridgehead atoms. The van der Waals surface area contributed by atoms with Gasteiger partial charge >= 0.3 is 0 Å². The van der Waals surface area contributed by atoms with E-state index in [0.717, 1.165) is 40.3 Å². The first-order valence-electron chi connectivity index (χ1n) is 8.60. The highest BCUT2D eigenvalue weighted by atomic mass is 32.1. The van der Waals surface area contributed by atoms with E-state index in [1.54, 1.807) is 18.4 Å². The van der Waals surface area contributed by atoms with Gasteiger partial charge in [-0.1, -0.05) is 6.07 Å². The minimum absolute atomic E-state index is 0.0396. The van der Waals surface area contributed by atoms with Gasteiger partial charge in [-0.15, -0.1) is 11.3 Å². The molecule has 3 unspecified atom stereocenters. The molecule has 3 atom stereocenters. The topological polar surface area (TPSA) is 63.4 Å². The van der Waals surface area contributed by atoms with Gasteiger partial charge in [0.05, 0.1) is 11.7 Å². The number of hydrogen-bond donors (Lipinski definition) is 1. The number of aromatic nitrogens is 2. The van der Waals surface area contributed by atoms with Crippen molar-refractivity contribution in [2.75, 3.05) is 25.1 Å². The number of rotatable bonds is 4. The van der Waals surface area contributed by atoms with E-state index in [-0.39, 0.29) is 6.10 Å². The Morgan fingerprint density at radius 2 is 2.16 bits per heavy atom. The van der Waals surface area contributed by atoms with Crippen molar-refractivity contribution < 1.29 is 9.15 Å². The van der Waals surface area contributed by atoms with Crippen LogP contribution in [-0.2, 0) is 4.74 Å². The van der Waals surface area contributed by atoms with Crippen molar-refractivity contribution in [3.05, 3.63) is 29.3 Å². The average Bonchev–Trinajstić information content (AvgIpc) is 3.29. The second kappa shape index (κ2) is 5.79. The summed E-state index contributed by atoms with van der Waals surface area (Å²) in [7, 11) is 1.72. The number of hydrogen-bond acceptors (Lipinski definition) is 7. The SMILES string of the molecule is COC(C)c1ccc(-c2nccs2)c2oc(N3CC4CC(C3)N4)nc12. The lowest BCUT2D eigenvalue weighted by Gasteiger charge is -2.47. The first-order chi connectivity index (χ1) is 12.2. The molecule has 3 fully saturated rings.